The van der Waals surface area contributed by atoms with Gasteiger partial charge in [0.1, 0.15) is 5.65 Å². The SMILES string of the molecule is CCn1c(=S)[nH]c(=O)c2c(C(F)(F)F)cc(C3CC3)nc21. The van der Waals surface area contributed by atoms with Crippen molar-refractivity contribution in [2.75, 3.05) is 0 Å². The standard InChI is InChI=1S/C13H12F3N3OS/c1-2-19-10-9(11(20)18-12(19)21)7(13(14,15)16)5-8(17-10)6-3-4-6/h5-6H,2-4H2,1H3,(H,18,20,21). The van der Waals surface area contributed by atoms with Crippen LogP contribution in [-0.2, 0) is 12.7 Å². The Hall–Kier alpha value is -1.70. The normalized spacial score (nSPS) is 15.6. The lowest BCUT2D eigenvalue weighted by Gasteiger charge is -2.14. The zero-order chi connectivity index (χ0) is 15.4. The predicted molar refractivity (Wildman–Crippen MR) is 73.8 cm³/mol. The Kier molecular flexibility index (Phi) is 3.16. The van der Waals surface area contributed by atoms with Crippen LogP contribution in [0, 0.1) is 4.77 Å². The molecule has 4 nitrogen and oxygen atoms in total. The van der Waals surface area contributed by atoms with Gasteiger partial charge in [0.05, 0.1) is 10.9 Å². The van der Waals surface area contributed by atoms with Crippen LogP contribution in [0.25, 0.3) is 11.0 Å². The second kappa shape index (κ2) is 4.66. The van der Waals surface area contributed by atoms with Gasteiger partial charge in [-0.05, 0) is 38.0 Å². The molecule has 0 radical (unpaired) electrons. The van der Waals surface area contributed by atoms with Gasteiger partial charge in [-0.15, -0.1) is 0 Å². The Labute approximate surface area is 122 Å². The van der Waals surface area contributed by atoms with E-state index in [9.17, 15) is 18.0 Å². The fraction of sp³-hybridized carbons (Fsp3) is 0.462. The van der Waals surface area contributed by atoms with Gasteiger partial charge in [-0.2, -0.15) is 13.2 Å². The minimum atomic E-state index is -4.60. The highest BCUT2D eigenvalue weighted by atomic mass is 32.1. The summed E-state index contributed by atoms with van der Waals surface area (Å²) in [4.78, 5) is 18.5. The summed E-state index contributed by atoms with van der Waals surface area (Å²) in [6.45, 7) is 2.08. The minimum absolute atomic E-state index is 0.0166. The first kappa shape index (κ1) is 14.2. The van der Waals surface area contributed by atoms with Crippen molar-refractivity contribution in [2.45, 2.75) is 38.4 Å². The highest BCUT2D eigenvalue weighted by Gasteiger charge is 2.37. The first-order chi connectivity index (χ1) is 9.82. The summed E-state index contributed by atoms with van der Waals surface area (Å²) in [5.41, 5.74) is -1.38. The Morgan fingerprint density at radius 1 is 1.48 bits per heavy atom. The van der Waals surface area contributed by atoms with E-state index in [2.05, 4.69) is 9.97 Å². The molecule has 1 aliphatic carbocycles. The molecular formula is C13H12F3N3OS. The number of rotatable bonds is 2. The largest absolute Gasteiger partial charge is 0.417 e. The van der Waals surface area contributed by atoms with Gasteiger partial charge in [-0.25, -0.2) is 4.98 Å². The number of pyridine rings is 1. The third-order valence-corrected chi connectivity index (χ3v) is 3.91. The van der Waals surface area contributed by atoms with Crippen LogP contribution in [-0.4, -0.2) is 14.5 Å². The number of alkyl halides is 3. The first-order valence-corrected chi connectivity index (χ1v) is 6.98. The summed E-state index contributed by atoms with van der Waals surface area (Å²) < 4.78 is 41.4. The molecule has 21 heavy (non-hydrogen) atoms. The number of hydrogen-bond acceptors (Lipinski definition) is 3. The fourth-order valence-electron chi connectivity index (χ4n) is 2.40. The lowest BCUT2D eigenvalue weighted by atomic mass is 10.1. The van der Waals surface area contributed by atoms with Crippen LogP contribution < -0.4 is 5.56 Å². The zero-order valence-electron chi connectivity index (χ0n) is 11.1. The molecule has 0 unspecified atom stereocenters. The first-order valence-electron chi connectivity index (χ1n) is 6.58. The maximum atomic E-state index is 13.3. The average Bonchev–Trinajstić information content (AvgIpc) is 3.20. The fourth-order valence-corrected chi connectivity index (χ4v) is 2.71. The molecule has 1 aliphatic rings. The van der Waals surface area contributed by atoms with Crippen LogP contribution in [0.15, 0.2) is 10.9 Å². The number of hydrogen-bond donors (Lipinski definition) is 1. The van der Waals surface area contributed by atoms with Crippen molar-refractivity contribution in [3.8, 4) is 0 Å². The van der Waals surface area contributed by atoms with Crippen molar-refractivity contribution in [1.29, 1.82) is 0 Å². The number of aromatic amines is 1. The number of H-pyrrole nitrogens is 1. The highest BCUT2D eigenvalue weighted by molar-refractivity contribution is 7.71. The van der Waals surface area contributed by atoms with Crippen molar-refractivity contribution < 1.29 is 13.2 Å². The third kappa shape index (κ3) is 2.37. The van der Waals surface area contributed by atoms with Crippen molar-refractivity contribution in [3.05, 3.63) is 32.4 Å². The maximum absolute atomic E-state index is 13.3. The van der Waals surface area contributed by atoms with E-state index in [4.69, 9.17) is 12.2 Å². The second-order valence-electron chi connectivity index (χ2n) is 5.07. The zero-order valence-corrected chi connectivity index (χ0v) is 11.9. The van der Waals surface area contributed by atoms with Crippen LogP contribution in [0.5, 0.6) is 0 Å². The van der Waals surface area contributed by atoms with E-state index in [1.165, 1.54) is 4.57 Å². The molecule has 0 atom stereocenters. The van der Waals surface area contributed by atoms with E-state index in [0.29, 0.717) is 12.2 Å². The number of nitrogens with zero attached hydrogens (tertiary/aromatic N) is 2. The second-order valence-corrected chi connectivity index (χ2v) is 5.46. The summed E-state index contributed by atoms with van der Waals surface area (Å²) in [5, 5.41) is -0.442. The minimum Gasteiger partial charge on any atom is -0.303 e. The van der Waals surface area contributed by atoms with E-state index < -0.39 is 22.7 Å². The van der Waals surface area contributed by atoms with Gasteiger partial charge in [0.2, 0.25) is 0 Å². The van der Waals surface area contributed by atoms with Gasteiger partial charge < -0.3 is 4.57 Å². The van der Waals surface area contributed by atoms with E-state index in [-0.39, 0.29) is 16.3 Å². The van der Waals surface area contributed by atoms with Crippen LogP contribution in [0.1, 0.15) is 36.9 Å². The molecule has 0 aliphatic heterocycles. The lowest BCUT2D eigenvalue weighted by molar-refractivity contribution is -0.136. The van der Waals surface area contributed by atoms with Gasteiger partial charge in [0.25, 0.3) is 5.56 Å². The van der Waals surface area contributed by atoms with Crippen LogP contribution >= 0.6 is 12.2 Å². The molecular weight excluding hydrogens is 303 g/mol. The smallest absolute Gasteiger partial charge is 0.303 e. The maximum Gasteiger partial charge on any atom is 0.417 e. The van der Waals surface area contributed by atoms with Gasteiger partial charge in [-0.3, -0.25) is 9.78 Å². The number of nitrogens with one attached hydrogen (secondary N) is 1. The molecule has 8 heteroatoms. The molecule has 2 heterocycles. The monoisotopic (exact) mass is 315 g/mol. The molecule has 1 fully saturated rings. The molecule has 0 amide bonds. The van der Waals surface area contributed by atoms with Crippen molar-refractivity contribution in [1.82, 2.24) is 14.5 Å². The van der Waals surface area contributed by atoms with Gasteiger partial charge in [0.15, 0.2) is 4.77 Å². The van der Waals surface area contributed by atoms with Gasteiger partial charge in [0, 0.05) is 18.2 Å². The molecule has 0 spiro atoms. The Bertz CT molecular complexity index is 833. The Morgan fingerprint density at radius 2 is 2.14 bits per heavy atom. The molecule has 2 aromatic rings. The molecule has 0 bridgehead atoms. The topological polar surface area (TPSA) is 50.7 Å². The van der Waals surface area contributed by atoms with Crippen LogP contribution in [0.3, 0.4) is 0 Å². The summed E-state index contributed by atoms with van der Waals surface area (Å²) in [7, 11) is 0. The molecule has 1 N–H and O–H groups in total. The number of halogens is 3. The van der Waals surface area contributed by atoms with Crippen molar-refractivity contribution in [3.63, 3.8) is 0 Å². The molecule has 0 aromatic carbocycles. The predicted octanol–water partition coefficient (Wildman–Crippen LogP) is 3.37. The van der Waals surface area contributed by atoms with Gasteiger partial charge >= 0.3 is 6.18 Å². The quantitative estimate of drug-likeness (QED) is 0.865. The average molecular weight is 315 g/mol. The summed E-state index contributed by atoms with van der Waals surface area (Å²) in [5.74, 6) is 0.0497. The molecule has 1 saturated carbocycles. The van der Waals surface area contributed by atoms with E-state index in [0.717, 1.165) is 18.9 Å². The Balaban J connectivity index is 2.49. The number of aryl methyl sites for hydroxylation is 1. The molecule has 0 saturated heterocycles. The summed E-state index contributed by atoms with van der Waals surface area (Å²) in [6, 6.07) is 0.998. The van der Waals surface area contributed by atoms with Gasteiger partial charge in [-0.1, -0.05) is 0 Å². The number of fused-ring (bicyclic) bond motifs is 1. The summed E-state index contributed by atoms with van der Waals surface area (Å²) >= 11 is 5.01. The van der Waals surface area contributed by atoms with Crippen LogP contribution in [0.2, 0.25) is 0 Å². The van der Waals surface area contributed by atoms with Crippen molar-refractivity contribution >= 4 is 23.3 Å². The van der Waals surface area contributed by atoms with Crippen LogP contribution in [0.4, 0.5) is 13.2 Å². The van der Waals surface area contributed by atoms with Crippen molar-refractivity contribution in [2.24, 2.45) is 0 Å². The summed E-state index contributed by atoms with van der Waals surface area (Å²) in [6.07, 6.45) is -2.95. The Morgan fingerprint density at radius 3 is 2.67 bits per heavy atom. The molecule has 2 aromatic heterocycles. The number of aromatic nitrogens is 3. The van der Waals surface area contributed by atoms with E-state index >= 15 is 0 Å². The molecule has 3 rings (SSSR count). The van der Waals surface area contributed by atoms with E-state index in [1.807, 2.05) is 0 Å². The van der Waals surface area contributed by atoms with E-state index in [1.54, 1.807) is 6.92 Å². The highest BCUT2D eigenvalue weighted by Crippen LogP contribution is 2.42. The third-order valence-electron chi connectivity index (χ3n) is 3.59. The lowest BCUT2D eigenvalue weighted by Crippen LogP contribution is -2.20. The molecule has 112 valence electrons.